The van der Waals surface area contributed by atoms with Gasteiger partial charge in [-0.3, -0.25) is 0 Å². The molecule has 3 heterocycles. The predicted molar refractivity (Wildman–Crippen MR) is 137 cm³/mol. The minimum Gasteiger partial charge on any atom is -0.328 e. The molecular formula is C26H21ClN6S. The zero-order valence-electron chi connectivity index (χ0n) is 18.5. The summed E-state index contributed by atoms with van der Waals surface area (Å²) in [6, 6.07) is 24.2. The van der Waals surface area contributed by atoms with Crippen LogP contribution >= 0.6 is 23.4 Å². The molecule has 0 unspecified atom stereocenters. The average Bonchev–Trinajstić information content (AvgIpc) is 3.43. The molecule has 168 valence electrons. The summed E-state index contributed by atoms with van der Waals surface area (Å²) in [7, 11) is 0. The van der Waals surface area contributed by atoms with Crippen molar-refractivity contribution in [2.45, 2.75) is 30.8 Å². The molecule has 34 heavy (non-hydrogen) atoms. The summed E-state index contributed by atoms with van der Waals surface area (Å²) in [5.74, 6) is 2.56. The summed E-state index contributed by atoms with van der Waals surface area (Å²) in [4.78, 5) is 14.5. The lowest BCUT2D eigenvalue weighted by Gasteiger charge is -2.06. The zero-order chi connectivity index (χ0) is 23.1. The Morgan fingerprint density at radius 1 is 0.853 bits per heavy atom. The van der Waals surface area contributed by atoms with Gasteiger partial charge in [0, 0.05) is 29.1 Å². The Kier molecular flexibility index (Phi) is 5.43. The normalized spacial score (nSPS) is 11.7. The minimum atomic E-state index is 0.707. The van der Waals surface area contributed by atoms with Gasteiger partial charge in [-0.2, -0.15) is 4.52 Å². The van der Waals surface area contributed by atoms with Gasteiger partial charge in [-0.05, 0) is 48.9 Å². The summed E-state index contributed by atoms with van der Waals surface area (Å²) in [5, 5.41) is 7.43. The Morgan fingerprint density at radius 3 is 2.47 bits per heavy atom. The van der Waals surface area contributed by atoms with E-state index < -0.39 is 0 Å². The molecule has 0 atom stereocenters. The van der Waals surface area contributed by atoms with Gasteiger partial charge < -0.3 is 4.57 Å². The molecule has 0 spiro atoms. The van der Waals surface area contributed by atoms with Crippen LogP contribution in [-0.4, -0.2) is 29.1 Å². The lowest BCUT2D eigenvalue weighted by Crippen LogP contribution is -2.05. The molecule has 0 bridgehead atoms. The fourth-order valence-electron chi connectivity index (χ4n) is 4.19. The van der Waals surface area contributed by atoms with E-state index in [1.54, 1.807) is 11.8 Å². The number of imidazole rings is 1. The van der Waals surface area contributed by atoms with Crippen LogP contribution in [0.2, 0.25) is 5.02 Å². The van der Waals surface area contributed by atoms with Gasteiger partial charge in [0.25, 0.3) is 0 Å². The highest BCUT2D eigenvalue weighted by molar-refractivity contribution is 7.98. The van der Waals surface area contributed by atoms with Crippen LogP contribution in [0.25, 0.3) is 27.6 Å². The van der Waals surface area contributed by atoms with Crippen LogP contribution in [0, 0.1) is 6.92 Å². The molecule has 6 aromatic rings. The highest BCUT2D eigenvalue weighted by Gasteiger charge is 2.15. The molecule has 0 aliphatic rings. The van der Waals surface area contributed by atoms with Crippen molar-refractivity contribution in [2.24, 2.45) is 0 Å². The summed E-state index contributed by atoms with van der Waals surface area (Å²) < 4.78 is 4.12. The third-order valence-corrected chi connectivity index (χ3v) is 7.13. The van der Waals surface area contributed by atoms with E-state index in [0.29, 0.717) is 6.42 Å². The number of rotatable bonds is 6. The molecule has 0 saturated heterocycles. The molecule has 0 aliphatic heterocycles. The summed E-state index contributed by atoms with van der Waals surface area (Å²) in [5.41, 5.74) is 5.09. The number of aromatic nitrogens is 6. The number of hydrogen-bond donors (Lipinski definition) is 0. The van der Waals surface area contributed by atoms with Crippen molar-refractivity contribution in [3.63, 3.8) is 0 Å². The summed E-state index contributed by atoms with van der Waals surface area (Å²) >= 11 is 7.68. The van der Waals surface area contributed by atoms with Crippen LogP contribution in [0.3, 0.4) is 0 Å². The standard InChI is InChI=1S/C26H21ClN6S/c1-17-28-22-8-4-5-9-23(22)32(17)15-14-24-30-25-20-6-2-3-7-21(20)29-26(33(25)31-24)34-16-18-10-12-19(27)13-11-18/h2-13H,14-16H2,1H3. The SMILES string of the molecule is Cc1nc2ccccc2n1CCc1nc2c3ccccc3nc(SCc3ccc(Cl)cc3)n2n1. The summed E-state index contributed by atoms with van der Waals surface area (Å²) in [6.07, 6.45) is 0.707. The van der Waals surface area contributed by atoms with E-state index in [0.717, 1.165) is 61.7 Å². The Balaban J connectivity index is 1.34. The number of hydrogen-bond acceptors (Lipinski definition) is 5. The van der Waals surface area contributed by atoms with Crippen LogP contribution < -0.4 is 0 Å². The molecule has 0 fully saturated rings. The van der Waals surface area contributed by atoms with Gasteiger partial charge in [-0.1, -0.05) is 59.8 Å². The first kappa shape index (κ1) is 21.1. The Hall–Kier alpha value is -3.42. The monoisotopic (exact) mass is 484 g/mol. The molecule has 0 saturated carbocycles. The van der Waals surface area contributed by atoms with Crippen molar-refractivity contribution in [2.75, 3.05) is 0 Å². The van der Waals surface area contributed by atoms with E-state index in [1.165, 1.54) is 5.56 Å². The molecule has 8 heteroatoms. The van der Waals surface area contributed by atoms with Crippen molar-refractivity contribution in [3.8, 4) is 0 Å². The molecule has 3 aromatic heterocycles. The van der Waals surface area contributed by atoms with Crippen molar-refractivity contribution >= 4 is 50.9 Å². The van der Waals surface area contributed by atoms with E-state index >= 15 is 0 Å². The van der Waals surface area contributed by atoms with Gasteiger partial charge in [0.2, 0.25) is 0 Å². The topological polar surface area (TPSA) is 60.9 Å². The predicted octanol–water partition coefficient (Wildman–Crippen LogP) is 6.12. The van der Waals surface area contributed by atoms with Crippen LogP contribution in [0.1, 0.15) is 17.2 Å². The molecule has 0 radical (unpaired) electrons. The number of thioether (sulfide) groups is 1. The van der Waals surface area contributed by atoms with Crippen LogP contribution in [0.15, 0.2) is 78.0 Å². The first-order chi connectivity index (χ1) is 16.7. The molecule has 6 nitrogen and oxygen atoms in total. The van der Waals surface area contributed by atoms with E-state index in [4.69, 9.17) is 26.7 Å². The average molecular weight is 485 g/mol. The zero-order valence-corrected chi connectivity index (χ0v) is 20.1. The molecule has 0 N–H and O–H groups in total. The highest BCUT2D eigenvalue weighted by atomic mass is 35.5. The van der Waals surface area contributed by atoms with Gasteiger partial charge in [-0.25, -0.2) is 15.0 Å². The van der Waals surface area contributed by atoms with Gasteiger partial charge in [0.1, 0.15) is 5.82 Å². The molecule has 0 amide bonds. The Bertz CT molecular complexity index is 1640. The fraction of sp³-hybridized carbons (Fsp3) is 0.154. The molecular weight excluding hydrogens is 464 g/mol. The number of benzene rings is 3. The second kappa shape index (κ2) is 8.74. The third kappa shape index (κ3) is 3.91. The lowest BCUT2D eigenvalue weighted by atomic mass is 10.2. The number of halogens is 1. The Morgan fingerprint density at radius 2 is 1.62 bits per heavy atom. The third-order valence-electron chi connectivity index (χ3n) is 5.88. The molecule has 3 aromatic carbocycles. The summed E-state index contributed by atoms with van der Waals surface area (Å²) in [6.45, 7) is 2.81. The van der Waals surface area contributed by atoms with Gasteiger partial charge in [0.05, 0.1) is 16.6 Å². The van der Waals surface area contributed by atoms with E-state index in [2.05, 4.69) is 21.7 Å². The van der Waals surface area contributed by atoms with E-state index in [9.17, 15) is 0 Å². The van der Waals surface area contributed by atoms with Crippen LogP contribution in [0.5, 0.6) is 0 Å². The minimum absolute atomic E-state index is 0.707. The maximum Gasteiger partial charge on any atom is 0.191 e. The van der Waals surface area contributed by atoms with Crippen molar-refractivity contribution in [3.05, 3.63) is 95.0 Å². The number of fused-ring (bicyclic) bond motifs is 4. The smallest absolute Gasteiger partial charge is 0.191 e. The number of aryl methyl sites for hydroxylation is 3. The van der Waals surface area contributed by atoms with Crippen molar-refractivity contribution in [1.29, 1.82) is 0 Å². The second-order valence-electron chi connectivity index (χ2n) is 8.14. The fourth-order valence-corrected chi connectivity index (χ4v) is 5.22. The van der Waals surface area contributed by atoms with Gasteiger partial charge in [0.15, 0.2) is 16.6 Å². The lowest BCUT2D eigenvalue weighted by molar-refractivity contribution is 0.662. The highest BCUT2D eigenvalue weighted by Crippen LogP contribution is 2.27. The number of para-hydroxylation sites is 3. The second-order valence-corrected chi connectivity index (χ2v) is 9.52. The molecule has 6 rings (SSSR count). The van der Waals surface area contributed by atoms with Crippen LogP contribution in [-0.2, 0) is 18.7 Å². The van der Waals surface area contributed by atoms with Crippen molar-refractivity contribution < 1.29 is 0 Å². The maximum atomic E-state index is 6.04. The largest absolute Gasteiger partial charge is 0.328 e. The first-order valence-corrected chi connectivity index (χ1v) is 12.5. The Labute approximate surface area is 205 Å². The van der Waals surface area contributed by atoms with E-state index in [-0.39, 0.29) is 0 Å². The van der Waals surface area contributed by atoms with Crippen molar-refractivity contribution in [1.82, 2.24) is 29.1 Å². The van der Waals surface area contributed by atoms with Gasteiger partial charge in [-0.15, -0.1) is 5.10 Å². The number of nitrogens with zero attached hydrogens (tertiary/aromatic N) is 6. The maximum absolute atomic E-state index is 6.04. The molecule has 0 aliphatic carbocycles. The van der Waals surface area contributed by atoms with E-state index in [1.807, 2.05) is 72.1 Å². The van der Waals surface area contributed by atoms with Crippen LogP contribution in [0.4, 0.5) is 0 Å². The van der Waals surface area contributed by atoms with Gasteiger partial charge >= 0.3 is 0 Å². The quantitative estimate of drug-likeness (QED) is 0.210. The first-order valence-electron chi connectivity index (χ1n) is 11.1.